The highest BCUT2D eigenvalue weighted by Gasteiger charge is 1.98. The van der Waals surface area contributed by atoms with Crippen LogP contribution in [0.2, 0.25) is 0 Å². The van der Waals surface area contributed by atoms with Gasteiger partial charge in [0.05, 0.1) is 23.5 Å². The lowest BCUT2D eigenvalue weighted by molar-refractivity contribution is 0.983. The van der Waals surface area contributed by atoms with Crippen LogP contribution < -0.4 is 0 Å². The zero-order chi connectivity index (χ0) is 10.7. The fourth-order valence-electron chi connectivity index (χ4n) is 1.37. The number of aryl methyl sites for hydroxylation is 1. The summed E-state index contributed by atoms with van der Waals surface area (Å²) >= 11 is 0. The van der Waals surface area contributed by atoms with E-state index in [4.69, 9.17) is 5.26 Å². The largest absolute Gasteiger partial charge is 0.192 e. The van der Waals surface area contributed by atoms with Crippen molar-refractivity contribution < 1.29 is 0 Å². The molecule has 15 heavy (non-hydrogen) atoms. The lowest BCUT2D eigenvalue weighted by Gasteiger charge is -2.00. The minimum Gasteiger partial charge on any atom is -0.192 e. The molecule has 3 heteroatoms. The number of hydrogen-bond acceptors (Lipinski definition) is 3. The van der Waals surface area contributed by atoms with Crippen LogP contribution in [-0.4, -0.2) is 10.2 Å². The van der Waals surface area contributed by atoms with Gasteiger partial charge in [-0.3, -0.25) is 0 Å². The minimum atomic E-state index is 0.664. The van der Waals surface area contributed by atoms with Crippen LogP contribution in [0.3, 0.4) is 0 Å². The fraction of sp³-hybridized carbons (Fsp3) is 0.0833. The molecule has 72 valence electrons. The Morgan fingerprint density at radius 3 is 2.47 bits per heavy atom. The monoisotopic (exact) mass is 195 g/mol. The highest BCUT2D eigenvalue weighted by molar-refractivity contribution is 5.63. The predicted octanol–water partition coefficient (Wildman–Crippen LogP) is 2.32. The van der Waals surface area contributed by atoms with Crippen LogP contribution in [0.25, 0.3) is 11.1 Å². The molecule has 1 aromatic carbocycles. The molecule has 2 aromatic rings. The lowest BCUT2D eigenvalue weighted by atomic mass is 10.1. The molecule has 2 rings (SSSR count). The van der Waals surface area contributed by atoms with E-state index >= 15 is 0 Å². The topological polar surface area (TPSA) is 49.6 Å². The molecule has 1 aromatic heterocycles. The van der Waals surface area contributed by atoms with E-state index in [9.17, 15) is 0 Å². The van der Waals surface area contributed by atoms with E-state index in [1.54, 1.807) is 18.3 Å². The number of nitriles is 1. The fourth-order valence-corrected chi connectivity index (χ4v) is 1.37. The van der Waals surface area contributed by atoms with Crippen LogP contribution in [0.5, 0.6) is 0 Å². The van der Waals surface area contributed by atoms with Gasteiger partial charge >= 0.3 is 0 Å². The molecule has 0 aliphatic heterocycles. The van der Waals surface area contributed by atoms with Crippen molar-refractivity contribution >= 4 is 0 Å². The summed E-state index contributed by atoms with van der Waals surface area (Å²) in [5.41, 5.74) is 3.62. The van der Waals surface area contributed by atoms with Crippen molar-refractivity contribution in [2.24, 2.45) is 0 Å². The van der Waals surface area contributed by atoms with E-state index < -0.39 is 0 Å². The molecular weight excluding hydrogens is 186 g/mol. The van der Waals surface area contributed by atoms with Crippen molar-refractivity contribution in [2.45, 2.75) is 6.92 Å². The van der Waals surface area contributed by atoms with Gasteiger partial charge < -0.3 is 0 Å². The molecule has 0 atom stereocenters. The Labute approximate surface area is 88.0 Å². The molecule has 0 spiro atoms. The van der Waals surface area contributed by atoms with Crippen molar-refractivity contribution in [2.75, 3.05) is 0 Å². The Hall–Kier alpha value is -2.21. The Morgan fingerprint density at radius 2 is 1.87 bits per heavy atom. The second-order valence-electron chi connectivity index (χ2n) is 3.27. The maximum absolute atomic E-state index is 8.67. The molecule has 3 nitrogen and oxygen atoms in total. The summed E-state index contributed by atoms with van der Waals surface area (Å²) in [5.74, 6) is 0. The first-order chi connectivity index (χ1) is 7.29. The van der Waals surface area contributed by atoms with E-state index in [-0.39, 0.29) is 0 Å². The second-order valence-corrected chi connectivity index (χ2v) is 3.27. The summed E-state index contributed by atoms with van der Waals surface area (Å²) in [4.78, 5) is 0. The normalized spacial score (nSPS) is 9.60. The molecular formula is C12H9N3. The van der Waals surface area contributed by atoms with Crippen molar-refractivity contribution in [3.05, 3.63) is 47.8 Å². The van der Waals surface area contributed by atoms with Gasteiger partial charge in [-0.15, -0.1) is 0 Å². The average Bonchev–Trinajstić information content (AvgIpc) is 2.29. The van der Waals surface area contributed by atoms with Gasteiger partial charge in [0, 0.05) is 5.56 Å². The van der Waals surface area contributed by atoms with Crippen molar-refractivity contribution in [3.63, 3.8) is 0 Å². The number of aromatic nitrogens is 2. The Balaban J connectivity index is 2.42. The summed E-state index contributed by atoms with van der Waals surface area (Å²) in [6.07, 6.45) is 1.72. The SMILES string of the molecule is Cc1cc(-c2ccc(C#N)cc2)cnn1. The number of rotatable bonds is 1. The molecule has 0 amide bonds. The van der Waals surface area contributed by atoms with Crippen LogP contribution in [-0.2, 0) is 0 Å². The van der Waals surface area contributed by atoms with Crippen LogP contribution >= 0.6 is 0 Å². The first kappa shape index (κ1) is 9.35. The molecule has 0 bridgehead atoms. The molecule has 0 unspecified atom stereocenters. The van der Waals surface area contributed by atoms with Gasteiger partial charge in [-0.05, 0) is 30.7 Å². The molecule has 0 saturated carbocycles. The Kier molecular flexibility index (Phi) is 2.42. The molecule has 0 aliphatic carbocycles. The number of hydrogen-bond donors (Lipinski definition) is 0. The van der Waals surface area contributed by atoms with E-state index in [1.165, 1.54) is 0 Å². The van der Waals surface area contributed by atoms with Gasteiger partial charge in [0.25, 0.3) is 0 Å². The van der Waals surface area contributed by atoms with E-state index in [0.29, 0.717) is 5.56 Å². The maximum Gasteiger partial charge on any atom is 0.0991 e. The van der Waals surface area contributed by atoms with Crippen LogP contribution in [0.1, 0.15) is 11.3 Å². The molecule has 1 heterocycles. The molecule has 0 radical (unpaired) electrons. The van der Waals surface area contributed by atoms with Gasteiger partial charge in [-0.1, -0.05) is 12.1 Å². The first-order valence-corrected chi connectivity index (χ1v) is 4.59. The molecule has 0 saturated heterocycles. The minimum absolute atomic E-state index is 0.664. The quantitative estimate of drug-likeness (QED) is 0.701. The van der Waals surface area contributed by atoms with Gasteiger partial charge in [0.2, 0.25) is 0 Å². The summed E-state index contributed by atoms with van der Waals surface area (Å²) < 4.78 is 0. The van der Waals surface area contributed by atoms with E-state index in [1.807, 2.05) is 25.1 Å². The molecule has 0 N–H and O–H groups in total. The van der Waals surface area contributed by atoms with Crippen molar-refractivity contribution in [1.29, 1.82) is 5.26 Å². The third-order valence-corrected chi connectivity index (χ3v) is 2.12. The number of nitrogens with zero attached hydrogens (tertiary/aromatic N) is 3. The Bertz CT molecular complexity index is 509. The third kappa shape index (κ3) is 2.00. The molecule has 0 fully saturated rings. The highest BCUT2D eigenvalue weighted by Crippen LogP contribution is 2.18. The zero-order valence-corrected chi connectivity index (χ0v) is 8.31. The standard InChI is InChI=1S/C12H9N3/c1-9-6-12(8-14-15-9)11-4-2-10(7-13)3-5-11/h2-6,8H,1H3. The van der Waals surface area contributed by atoms with Crippen LogP contribution in [0, 0.1) is 18.3 Å². The highest BCUT2D eigenvalue weighted by atomic mass is 15.1. The second kappa shape index (κ2) is 3.89. The summed E-state index contributed by atoms with van der Waals surface area (Å²) in [6.45, 7) is 1.90. The van der Waals surface area contributed by atoms with Crippen molar-refractivity contribution in [1.82, 2.24) is 10.2 Å². The van der Waals surface area contributed by atoms with E-state index in [2.05, 4.69) is 16.3 Å². The van der Waals surface area contributed by atoms with Crippen LogP contribution in [0.4, 0.5) is 0 Å². The zero-order valence-electron chi connectivity index (χ0n) is 8.31. The Morgan fingerprint density at radius 1 is 1.13 bits per heavy atom. The predicted molar refractivity (Wildman–Crippen MR) is 56.9 cm³/mol. The van der Waals surface area contributed by atoms with Crippen molar-refractivity contribution in [3.8, 4) is 17.2 Å². The van der Waals surface area contributed by atoms with Gasteiger partial charge in [0.1, 0.15) is 0 Å². The smallest absolute Gasteiger partial charge is 0.0991 e. The van der Waals surface area contributed by atoms with Gasteiger partial charge in [-0.2, -0.15) is 15.5 Å². The van der Waals surface area contributed by atoms with Gasteiger partial charge in [0.15, 0.2) is 0 Å². The number of benzene rings is 1. The summed E-state index contributed by atoms with van der Waals surface area (Å²) in [5, 5.41) is 16.5. The van der Waals surface area contributed by atoms with E-state index in [0.717, 1.165) is 16.8 Å². The maximum atomic E-state index is 8.67. The molecule has 0 aliphatic rings. The van der Waals surface area contributed by atoms with Gasteiger partial charge in [-0.25, -0.2) is 0 Å². The average molecular weight is 195 g/mol. The first-order valence-electron chi connectivity index (χ1n) is 4.59. The third-order valence-electron chi connectivity index (χ3n) is 2.12. The summed E-state index contributed by atoms with van der Waals surface area (Å²) in [6, 6.07) is 11.5. The van der Waals surface area contributed by atoms with Crippen LogP contribution in [0.15, 0.2) is 36.5 Å². The summed E-state index contributed by atoms with van der Waals surface area (Å²) in [7, 11) is 0. The lowest BCUT2D eigenvalue weighted by Crippen LogP contribution is -1.87.